The third-order valence-electron chi connectivity index (χ3n) is 4.33. The molecule has 4 aromatic rings. The number of hydrogen-bond acceptors (Lipinski definition) is 4. The number of aryl methyl sites for hydroxylation is 1. The molecule has 3 N–H and O–H groups in total. The first-order chi connectivity index (χ1) is 12.7. The summed E-state index contributed by atoms with van der Waals surface area (Å²) < 4.78 is 0. The molecule has 5 heteroatoms. The molecule has 4 rings (SSSR count). The molecule has 0 fully saturated rings. The summed E-state index contributed by atoms with van der Waals surface area (Å²) >= 11 is 0. The number of rotatable bonds is 4. The predicted molar refractivity (Wildman–Crippen MR) is 101 cm³/mol. The Morgan fingerprint density at radius 1 is 1.00 bits per heavy atom. The van der Waals surface area contributed by atoms with Crippen molar-refractivity contribution in [3.8, 4) is 5.75 Å². The van der Waals surface area contributed by atoms with E-state index in [1.807, 2.05) is 67.7 Å². The van der Waals surface area contributed by atoms with Crippen molar-refractivity contribution in [3.63, 3.8) is 0 Å². The lowest BCUT2D eigenvalue weighted by molar-refractivity contribution is -0.361. The second-order valence-corrected chi connectivity index (χ2v) is 6.19. The molecule has 0 bridgehead atoms. The van der Waals surface area contributed by atoms with Gasteiger partial charge in [-0.25, -0.2) is 4.98 Å². The molecule has 26 heavy (non-hydrogen) atoms. The van der Waals surface area contributed by atoms with Crippen LogP contribution in [-0.4, -0.2) is 15.1 Å². The number of aromatic hydroxyl groups is 1. The number of pyridine rings is 3. The topological polar surface area (TPSA) is 72.2 Å². The molecule has 0 aliphatic rings. The van der Waals surface area contributed by atoms with E-state index in [4.69, 9.17) is 0 Å². The number of benzene rings is 1. The minimum absolute atomic E-state index is 0.166. The Bertz CT molecular complexity index is 1050. The van der Waals surface area contributed by atoms with Crippen molar-refractivity contribution in [3.05, 3.63) is 90.0 Å². The first-order valence-corrected chi connectivity index (χ1v) is 8.45. The largest absolute Gasteiger partial charge is 0.505 e. The minimum atomic E-state index is -0.319. The highest BCUT2D eigenvalue weighted by atomic mass is 16.3. The quantitative estimate of drug-likeness (QED) is 0.593. The van der Waals surface area contributed by atoms with E-state index in [0.717, 1.165) is 28.0 Å². The van der Waals surface area contributed by atoms with Crippen LogP contribution in [0.3, 0.4) is 0 Å². The molecule has 1 atom stereocenters. The summed E-state index contributed by atoms with van der Waals surface area (Å²) in [6.45, 7) is 2.03. The van der Waals surface area contributed by atoms with Crippen molar-refractivity contribution >= 4 is 16.7 Å². The molecular weight excluding hydrogens is 324 g/mol. The highest BCUT2D eigenvalue weighted by Crippen LogP contribution is 2.35. The molecule has 0 saturated carbocycles. The summed E-state index contributed by atoms with van der Waals surface area (Å²) in [7, 11) is 0. The number of aromatic nitrogens is 3. The standard InChI is InChI=1S/C21H18N4O/c1-14-9-12-23-18(13-14)25-20(17-6-2-3-10-22-17)16-8-7-15-5-4-11-24-19(15)21(16)26/h2-13,20,26H,1H3,(H,23,25)/p+1/t20-/m0/s1. The first-order valence-electron chi connectivity index (χ1n) is 8.45. The average Bonchev–Trinajstić information content (AvgIpc) is 2.68. The molecule has 0 amide bonds. The highest BCUT2D eigenvalue weighted by molar-refractivity contribution is 5.85. The maximum absolute atomic E-state index is 10.9. The van der Waals surface area contributed by atoms with E-state index in [1.54, 1.807) is 12.4 Å². The second kappa shape index (κ2) is 6.80. The van der Waals surface area contributed by atoms with Crippen molar-refractivity contribution in [1.82, 2.24) is 9.97 Å². The first kappa shape index (κ1) is 16.0. The number of anilines is 1. The molecule has 5 nitrogen and oxygen atoms in total. The van der Waals surface area contributed by atoms with Crippen molar-refractivity contribution in [2.45, 2.75) is 13.0 Å². The van der Waals surface area contributed by atoms with E-state index >= 15 is 0 Å². The van der Waals surface area contributed by atoms with Crippen LogP contribution in [0.1, 0.15) is 22.9 Å². The summed E-state index contributed by atoms with van der Waals surface area (Å²) in [4.78, 5) is 12.0. The van der Waals surface area contributed by atoms with Crippen LogP contribution in [0.2, 0.25) is 0 Å². The smallest absolute Gasteiger partial charge is 0.273 e. The van der Waals surface area contributed by atoms with E-state index in [9.17, 15) is 5.11 Å². The SMILES string of the molecule is Cc1cc[nH+]c(N[C@H](c2ccccn2)c2ccc3cccnc3c2O)c1. The van der Waals surface area contributed by atoms with Gasteiger partial charge in [0, 0.05) is 29.4 Å². The van der Waals surface area contributed by atoms with Gasteiger partial charge in [0.2, 0.25) is 0 Å². The molecule has 128 valence electrons. The molecule has 0 saturated heterocycles. The fourth-order valence-electron chi connectivity index (χ4n) is 3.06. The Kier molecular flexibility index (Phi) is 4.19. The number of hydrogen-bond donors (Lipinski definition) is 2. The second-order valence-electron chi connectivity index (χ2n) is 6.19. The van der Waals surface area contributed by atoms with Gasteiger partial charge in [0.05, 0.1) is 11.9 Å². The Morgan fingerprint density at radius 3 is 2.69 bits per heavy atom. The molecular formula is C21H19N4O+. The molecule has 0 aliphatic carbocycles. The van der Waals surface area contributed by atoms with Crippen LogP contribution in [-0.2, 0) is 0 Å². The summed E-state index contributed by atoms with van der Waals surface area (Å²) in [6, 6.07) is 17.1. The zero-order valence-electron chi connectivity index (χ0n) is 14.3. The molecule has 0 spiro atoms. The summed E-state index contributed by atoms with van der Waals surface area (Å²) in [5.41, 5.74) is 3.26. The summed E-state index contributed by atoms with van der Waals surface area (Å²) in [6.07, 6.45) is 5.32. The van der Waals surface area contributed by atoms with Gasteiger partial charge in [0.15, 0.2) is 6.04 Å². The summed E-state index contributed by atoms with van der Waals surface area (Å²) in [5.74, 6) is 1.01. The van der Waals surface area contributed by atoms with Crippen LogP contribution >= 0.6 is 0 Å². The minimum Gasteiger partial charge on any atom is -0.505 e. The molecule has 1 aromatic carbocycles. The normalized spacial score (nSPS) is 12.0. The van der Waals surface area contributed by atoms with E-state index < -0.39 is 0 Å². The molecule has 0 unspecified atom stereocenters. The van der Waals surface area contributed by atoms with Crippen LogP contribution < -0.4 is 10.3 Å². The number of fused-ring (bicyclic) bond motifs is 1. The van der Waals surface area contributed by atoms with E-state index in [-0.39, 0.29) is 11.8 Å². The molecule has 3 aromatic heterocycles. The number of nitrogens with zero attached hydrogens (tertiary/aromatic N) is 2. The van der Waals surface area contributed by atoms with Crippen LogP contribution in [0.5, 0.6) is 5.75 Å². The van der Waals surface area contributed by atoms with Gasteiger partial charge in [-0.2, -0.15) is 0 Å². The van der Waals surface area contributed by atoms with Crippen molar-refractivity contribution < 1.29 is 10.1 Å². The highest BCUT2D eigenvalue weighted by Gasteiger charge is 2.25. The van der Waals surface area contributed by atoms with Gasteiger partial charge < -0.3 is 5.11 Å². The van der Waals surface area contributed by atoms with Gasteiger partial charge in [-0.1, -0.05) is 18.2 Å². The van der Waals surface area contributed by atoms with Gasteiger partial charge >= 0.3 is 0 Å². The Labute approximate surface area is 151 Å². The monoisotopic (exact) mass is 343 g/mol. The fraction of sp³-hybridized carbons (Fsp3) is 0.0952. The lowest BCUT2D eigenvalue weighted by Gasteiger charge is -2.16. The van der Waals surface area contributed by atoms with E-state index in [1.165, 1.54) is 0 Å². The van der Waals surface area contributed by atoms with Crippen LogP contribution in [0, 0.1) is 6.92 Å². The Balaban J connectivity index is 1.84. The van der Waals surface area contributed by atoms with Crippen molar-refractivity contribution in [2.24, 2.45) is 0 Å². The van der Waals surface area contributed by atoms with E-state index in [2.05, 4.69) is 20.3 Å². The zero-order chi connectivity index (χ0) is 17.9. The van der Waals surface area contributed by atoms with Gasteiger partial charge in [-0.3, -0.25) is 15.3 Å². The molecule has 3 heterocycles. The van der Waals surface area contributed by atoms with Crippen LogP contribution in [0.4, 0.5) is 5.82 Å². The number of nitrogens with one attached hydrogen (secondary N) is 2. The third kappa shape index (κ3) is 3.07. The maximum atomic E-state index is 10.9. The Hall–Kier alpha value is -3.47. The Morgan fingerprint density at radius 2 is 1.88 bits per heavy atom. The number of phenolic OH excluding ortho intramolecular Hbond substituents is 1. The number of phenols is 1. The van der Waals surface area contributed by atoms with Crippen LogP contribution in [0.25, 0.3) is 10.9 Å². The van der Waals surface area contributed by atoms with Gasteiger partial charge in [-0.15, -0.1) is 0 Å². The van der Waals surface area contributed by atoms with E-state index in [0.29, 0.717) is 5.52 Å². The average molecular weight is 343 g/mol. The van der Waals surface area contributed by atoms with Gasteiger partial charge in [-0.05, 0) is 42.8 Å². The number of H-pyrrole nitrogens is 1. The van der Waals surface area contributed by atoms with Gasteiger partial charge in [0.25, 0.3) is 5.82 Å². The lowest BCUT2D eigenvalue weighted by Crippen LogP contribution is -2.20. The molecule has 0 aliphatic heterocycles. The summed E-state index contributed by atoms with van der Waals surface area (Å²) in [5, 5.41) is 15.2. The van der Waals surface area contributed by atoms with Crippen molar-refractivity contribution in [2.75, 3.05) is 5.32 Å². The number of aromatic amines is 1. The van der Waals surface area contributed by atoms with Crippen molar-refractivity contribution in [1.29, 1.82) is 0 Å². The lowest BCUT2D eigenvalue weighted by atomic mass is 9.99. The van der Waals surface area contributed by atoms with Crippen LogP contribution in [0.15, 0.2) is 73.2 Å². The third-order valence-corrected chi connectivity index (χ3v) is 4.33. The van der Waals surface area contributed by atoms with Gasteiger partial charge in [0.1, 0.15) is 11.3 Å². The molecule has 0 radical (unpaired) electrons. The maximum Gasteiger partial charge on any atom is 0.273 e. The predicted octanol–water partition coefficient (Wildman–Crippen LogP) is 3.66. The zero-order valence-corrected chi connectivity index (χ0v) is 14.3. The fourth-order valence-corrected chi connectivity index (χ4v) is 3.06.